The number of halogens is 1. The molecule has 3 saturated heterocycles. The van der Waals surface area contributed by atoms with Crippen LogP contribution in [0.25, 0.3) is 10.8 Å². The van der Waals surface area contributed by atoms with E-state index in [-0.39, 0.29) is 48.7 Å². The van der Waals surface area contributed by atoms with Crippen LogP contribution in [0, 0.1) is 11.8 Å². The number of allylic oxidation sites excluding steroid dienone is 1. The first kappa shape index (κ1) is 37.4. The number of aliphatic hydroxyl groups is 1. The van der Waals surface area contributed by atoms with Gasteiger partial charge in [0.2, 0.25) is 11.8 Å². The van der Waals surface area contributed by atoms with Crippen molar-refractivity contribution in [2.24, 2.45) is 11.8 Å². The molecule has 10 nitrogen and oxygen atoms in total. The summed E-state index contributed by atoms with van der Waals surface area (Å²) in [6, 6.07) is 21.2. The van der Waals surface area contributed by atoms with Crippen LogP contribution in [0.4, 0.5) is 5.69 Å². The van der Waals surface area contributed by atoms with E-state index in [0.29, 0.717) is 36.9 Å². The second kappa shape index (κ2) is 16.1. The Bertz CT molecular complexity index is 1820. The van der Waals surface area contributed by atoms with Gasteiger partial charge in [-0.2, -0.15) is 0 Å². The average Bonchev–Trinajstić information content (AvgIpc) is 3.74. The van der Waals surface area contributed by atoms with Gasteiger partial charge in [0, 0.05) is 36.6 Å². The van der Waals surface area contributed by atoms with Crippen molar-refractivity contribution in [3.8, 4) is 0 Å². The predicted octanol–water partition coefficient (Wildman–Crippen LogP) is 5.63. The standard InChI is InChI=1S/C41H46BrN3O7/c1-4-6-18-32(47)43-26(3)35(28-15-8-7-9-16-28)51-40(50)33-34-38(48)45(22-12-13-23-46)37(41(34)25-31(42)36(33)52-41)39(49)44(21-5-2)30-20-19-27-14-10-11-17-29(27)24-30/h4-5,7-11,14-17,19-20,24,26,31,33-37,46H,1-2,6,12-13,18,21-23,25H2,3H3,(H,43,47)/t26-,31?,33+,34-,35-,36+,37+,41-/m0/s1. The smallest absolute Gasteiger partial charge is 0.313 e. The summed E-state index contributed by atoms with van der Waals surface area (Å²) >= 11 is 3.75. The van der Waals surface area contributed by atoms with E-state index in [2.05, 4.69) is 34.4 Å². The van der Waals surface area contributed by atoms with Crippen molar-refractivity contribution in [3.05, 3.63) is 104 Å². The molecule has 3 aliphatic heterocycles. The Morgan fingerprint density at radius 3 is 2.52 bits per heavy atom. The lowest BCUT2D eigenvalue weighted by Crippen LogP contribution is -2.57. The number of anilines is 1. The molecule has 3 amide bonds. The Morgan fingerprint density at radius 2 is 1.81 bits per heavy atom. The Hall–Kier alpha value is -4.32. The van der Waals surface area contributed by atoms with E-state index < -0.39 is 47.7 Å². The number of esters is 1. The topological polar surface area (TPSA) is 125 Å². The minimum Gasteiger partial charge on any atom is -0.455 e. The number of hydrogen-bond donors (Lipinski definition) is 2. The number of fused-ring (bicyclic) bond motifs is 2. The molecule has 0 saturated carbocycles. The predicted molar refractivity (Wildman–Crippen MR) is 203 cm³/mol. The fourth-order valence-corrected chi connectivity index (χ4v) is 9.14. The van der Waals surface area contributed by atoms with Crippen molar-refractivity contribution in [2.45, 2.75) is 73.7 Å². The molecule has 3 aromatic rings. The van der Waals surface area contributed by atoms with E-state index in [1.165, 1.54) is 0 Å². The maximum Gasteiger partial charge on any atom is 0.313 e. The fraction of sp³-hybridized carbons (Fsp3) is 0.415. The zero-order valence-electron chi connectivity index (χ0n) is 29.4. The normalized spacial score (nSPS) is 25.7. The largest absolute Gasteiger partial charge is 0.455 e. The molecule has 1 spiro atoms. The van der Waals surface area contributed by atoms with Crippen LogP contribution in [0.15, 0.2) is 98.1 Å². The Balaban J connectivity index is 1.35. The van der Waals surface area contributed by atoms with Crippen molar-refractivity contribution in [1.29, 1.82) is 0 Å². The third kappa shape index (κ3) is 7.06. The molecule has 274 valence electrons. The third-order valence-electron chi connectivity index (χ3n) is 10.5. The minimum absolute atomic E-state index is 0.0604. The van der Waals surface area contributed by atoms with Crippen molar-refractivity contribution in [1.82, 2.24) is 10.2 Å². The van der Waals surface area contributed by atoms with Crippen LogP contribution in [0.1, 0.15) is 50.7 Å². The number of benzene rings is 3. The summed E-state index contributed by atoms with van der Waals surface area (Å²) < 4.78 is 13.0. The molecule has 3 fully saturated rings. The summed E-state index contributed by atoms with van der Waals surface area (Å²) in [6.45, 7) is 9.72. The van der Waals surface area contributed by atoms with Crippen molar-refractivity contribution >= 4 is 56.1 Å². The van der Waals surface area contributed by atoms with Crippen LogP contribution in [0.3, 0.4) is 0 Å². The molecule has 6 rings (SSSR count). The van der Waals surface area contributed by atoms with Crippen LogP contribution >= 0.6 is 15.9 Å². The summed E-state index contributed by atoms with van der Waals surface area (Å²) in [7, 11) is 0. The van der Waals surface area contributed by atoms with Crippen molar-refractivity contribution in [2.75, 3.05) is 24.6 Å². The Kier molecular flexibility index (Phi) is 11.6. The number of carbonyl (C=O) groups is 4. The molecular formula is C41H46BrN3O7. The first-order valence-corrected chi connectivity index (χ1v) is 18.9. The van der Waals surface area contributed by atoms with Gasteiger partial charge in [-0.05, 0) is 61.1 Å². The van der Waals surface area contributed by atoms with Gasteiger partial charge in [-0.3, -0.25) is 19.2 Å². The average molecular weight is 773 g/mol. The van der Waals surface area contributed by atoms with Gasteiger partial charge < -0.3 is 29.7 Å². The molecule has 2 bridgehead atoms. The van der Waals surface area contributed by atoms with Crippen LogP contribution in [0.5, 0.6) is 0 Å². The summed E-state index contributed by atoms with van der Waals surface area (Å²) in [4.78, 5) is 59.6. The highest BCUT2D eigenvalue weighted by atomic mass is 79.9. The number of rotatable bonds is 16. The fourth-order valence-electron chi connectivity index (χ4n) is 8.20. The number of ether oxygens (including phenoxy) is 2. The SMILES string of the molecule is C=CCCC(=O)N[C@@H](C)[C@H](OC(=O)[C@H]1[C@@H]2O[C@@]3(CC2Br)[C@@H]1C(=O)N(CCCCO)[C@@H]3C(=O)N(CC=C)c1ccc2ccccc2c1)c1ccccc1. The minimum atomic E-state index is -1.31. The quantitative estimate of drug-likeness (QED) is 0.0837. The molecule has 11 heteroatoms. The van der Waals surface area contributed by atoms with Gasteiger partial charge in [-0.1, -0.05) is 88.7 Å². The number of nitrogens with one attached hydrogen (secondary N) is 1. The van der Waals surface area contributed by atoms with Crippen molar-refractivity contribution in [3.63, 3.8) is 0 Å². The number of hydrogen-bond acceptors (Lipinski definition) is 7. The zero-order chi connectivity index (χ0) is 37.0. The number of carbonyl (C=O) groups excluding carboxylic acids is 4. The monoisotopic (exact) mass is 771 g/mol. The molecule has 8 atom stereocenters. The van der Waals surface area contributed by atoms with Gasteiger partial charge in [-0.25, -0.2) is 0 Å². The lowest BCUT2D eigenvalue weighted by atomic mass is 9.70. The first-order valence-electron chi connectivity index (χ1n) is 17.9. The van der Waals surface area contributed by atoms with E-state index in [1.54, 1.807) is 28.9 Å². The Morgan fingerprint density at radius 1 is 1.08 bits per heavy atom. The van der Waals surface area contributed by atoms with Crippen LogP contribution in [-0.2, 0) is 28.7 Å². The number of unbranched alkanes of at least 4 members (excludes halogenated alkanes) is 1. The molecule has 52 heavy (non-hydrogen) atoms. The van der Waals surface area contributed by atoms with E-state index >= 15 is 0 Å². The second-order valence-corrected chi connectivity index (χ2v) is 15.0. The summed E-state index contributed by atoms with van der Waals surface area (Å²) in [5, 5.41) is 14.5. The summed E-state index contributed by atoms with van der Waals surface area (Å²) in [5.74, 6) is -3.49. The number of aliphatic hydroxyl groups excluding tert-OH is 1. The van der Waals surface area contributed by atoms with Crippen molar-refractivity contribution < 1.29 is 33.8 Å². The third-order valence-corrected chi connectivity index (χ3v) is 11.4. The maximum atomic E-state index is 15.0. The van der Waals surface area contributed by atoms with Gasteiger partial charge in [0.05, 0.1) is 24.0 Å². The molecule has 3 aromatic carbocycles. The zero-order valence-corrected chi connectivity index (χ0v) is 31.0. The number of amides is 3. The van der Waals surface area contributed by atoms with Crippen LogP contribution in [-0.4, -0.2) is 82.0 Å². The molecule has 3 aliphatic rings. The Labute approximate surface area is 313 Å². The van der Waals surface area contributed by atoms with E-state index in [9.17, 15) is 24.3 Å². The molecule has 3 heterocycles. The summed E-state index contributed by atoms with van der Waals surface area (Å²) in [6.07, 6.45) is 3.73. The first-order chi connectivity index (χ1) is 25.1. The van der Waals surface area contributed by atoms with Gasteiger partial charge in [0.1, 0.15) is 17.7 Å². The lowest BCUT2D eigenvalue weighted by molar-refractivity contribution is -0.162. The van der Waals surface area contributed by atoms with Crippen LogP contribution < -0.4 is 10.2 Å². The molecule has 1 unspecified atom stereocenters. The van der Waals surface area contributed by atoms with Gasteiger partial charge in [0.15, 0.2) is 0 Å². The van der Waals surface area contributed by atoms with E-state index in [0.717, 1.165) is 10.8 Å². The second-order valence-electron chi connectivity index (χ2n) is 13.8. The number of likely N-dealkylation sites (tertiary alicyclic amines) is 1. The van der Waals surface area contributed by atoms with E-state index in [4.69, 9.17) is 9.47 Å². The lowest BCUT2D eigenvalue weighted by Gasteiger charge is -2.37. The maximum absolute atomic E-state index is 15.0. The number of nitrogens with zero attached hydrogens (tertiary/aromatic N) is 2. The highest BCUT2D eigenvalue weighted by molar-refractivity contribution is 9.09. The van der Waals surface area contributed by atoms with E-state index in [1.807, 2.05) is 72.8 Å². The molecule has 0 aromatic heterocycles. The highest BCUT2D eigenvalue weighted by Crippen LogP contribution is 2.60. The van der Waals surface area contributed by atoms with Crippen LogP contribution in [0.2, 0.25) is 0 Å². The molecule has 0 aliphatic carbocycles. The summed E-state index contributed by atoms with van der Waals surface area (Å²) in [5.41, 5.74) is 0.0345. The van der Waals surface area contributed by atoms with Gasteiger partial charge >= 0.3 is 5.97 Å². The van der Waals surface area contributed by atoms with Gasteiger partial charge in [0.25, 0.3) is 5.91 Å². The molecule has 2 N–H and O–H groups in total. The molecule has 0 radical (unpaired) electrons. The van der Waals surface area contributed by atoms with Gasteiger partial charge in [-0.15, -0.1) is 13.2 Å². The molecular weight excluding hydrogens is 726 g/mol. The highest BCUT2D eigenvalue weighted by Gasteiger charge is 2.77. The number of alkyl halides is 1.